The lowest BCUT2D eigenvalue weighted by Crippen LogP contribution is -2.28. The average Bonchev–Trinajstić information content (AvgIpc) is 2.33. The molecule has 0 heterocycles. The van der Waals surface area contributed by atoms with Crippen LogP contribution in [0.3, 0.4) is 0 Å². The lowest BCUT2D eigenvalue weighted by molar-refractivity contribution is -0.149. The molecule has 4 heteroatoms. The fourth-order valence-electron chi connectivity index (χ4n) is 1.45. The van der Waals surface area contributed by atoms with Crippen LogP contribution in [0, 0.1) is 3.57 Å². The van der Waals surface area contributed by atoms with Gasteiger partial charge in [-0.05, 0) is 53.6 Å². The molecule has 1 aromatic rings. The molecule has 0 aromatic heterocycles. The maximum absolute atomic E-state index is 11.6. The molecule has 1 rings (SSSR count). The van der Waals surface area contributed by atoms with Gasteiger partial charge in [0.1, 0.15) is 5.75 Å². The molecule has 94 valence electrons. The molecule has 1 unspecified atom stereocenters. The SMILES string of the molecule is CCCCC(Oc1cccc(I)c1)C(=O)OC. The van der Waals surface area contributed by atoms with E-state index in [1.807, 2.05) is 24.3 Å². The molecule has 0 aliphatic heterocycles. The summed E-state index contributed by atoms with van der Waals surface area (Å²) in [5.41, 5.74) is 0. The van der Waals surface area contributed by atoms with Gasteiger partial charge < -0.3 is 9.47 Å². The summed E-state index contributed by atoms with van der Waals surface area (Å²) in [6.07, 6.45) is 2.17. The molecular weight excluding hydrogens is 331 g/mol. The van der Waals surface area contributed by atoms with Gasteiger partial charge >= 0.3 is 5.97 Å². The van der Waals surface area contributed by atoms with Gasteiger partial charge in [-0.15, -0.1) is 0 Å². The Labute approximate surface area is 116 Å². The Kier molecular flexibility index (Phi) is 6.32. The highest BCUT2D eigenvalue weighted by atomic mass is 127. The van der Waals surface area contributed by atoms with Gasteiger partial charge in [-0.2, -0.15) is 0 Å². The number of benzene rings is 1. The average molecular weight is 348 g/mol. The molecule has 0 radical (unpaired) electrons. The fourth-order valence-corrected chi connectivity index (χ4v) is 1.96. The molecule has 0 N–H and O–H groups in total. The summed E-state index contributed by atoms with van der Waals surface area (Å²) < 4.78 is 11.5. The lowest BCUT2D eigenvalue weighted by atomic mass is 10.1. The van der Waals surface area contributed by atoms with Crippen molar-refractivity contribution in [3.05, 3.63) is 27.8 Å². The van der Waals surface area contributed by atoms with Crippen molar-refractivity contribution in [2.75, 3.05) is 7.11 Å². The Morgan fingerprint density at radius 3 is 2.82 bits per heavy atom. The number of carbonyl (C=O) groups excluding carboxylic acids is 1. The van der Waals surface area contributed by atoms with Gasteiger partial charge in [-0.3, -0.25) is 0 Å². The van der Waals surface area contributed by atoms with Crippen LogP contribution in [-0.2, 0) is 9.53 Å². The Morgan fingerprint density at radius 1 is 1.47 bits per heavy atom. The van der Waals surface area contributed by atoms with Crippen molar-refractivity contribution in [3.63, 3.8) is 0 Å². The zero-order chi connectivity index (χ0) is 12.7. The van der Waals surface area contributed by atoms with Crippen LogP contribution in [0.15, 0.2) is 24.3 Å². The van der Waals surface area contributed by atoms with Crippen LogP contribution < -0.4 is 4.74 Å². The van der Waals surface area contributed by atoms with Crippen LogP contribution in [-0.4, -0.2) is 19.2 Å². The third-order valence-electron chi connectivity index (χ3n) is 2.36. The number of esters is 1. The second-order valence-electron chi connectivity index (χ2n) is 3.73. The summed E-state index contributed by atoms with van der Waals surface area (Å²) >= 11 is 2.21. The summed E-state index contributed by atoms with van der Waals surface area (Å²) in [7, 11) is 1.39. The highest BCUT2D eigenvalue weighted by molar-refractivity contribution is 14.1. The van der Waals surface area contributed by atoms with Crippen molar-refractivity contribution >= 4 is 28.6 Å². The molecule has 3 nitrogen and oxygen atoms in total. The van der Waals surface area contributed by atoms with Crippen molar-refractivity contribution in [1.82, 2.24) is 0 Å². The first kappa shape index (κ1) is 14.3. The topological polar surface area (TPSA) is 35.5 Å². The first-order valence-electron chi connectivity index (χ1n) is 5.67. The van der Waals surface area contributed by atoms with Crippen LogP contribution in [0.1, 0.15) is 26.2 Å². The van der Waals surface area contributed by atoms with Crippen LogP contribution in [0.4, 0.5) is 0 Å². The monoisotopic (exact) mass is 348 g/mol. The van der Waals surface area contributed by atoms with E-state index in [-0.39, 0.29) is 5.97 Å². The van der Waals surface area contributed by atoms with E-state index in [4.69, 9.17) is 9.47 Å². The molecule has 0 spiro atoms. The van der Waals surface area contributed by atoms with Crippen molar-refractivity contribution < 1.29 is 14.3 Å². The van der Waals surface area contributed by atoms with Crippen LogP contribution in [0.2, 0.25) is 0 Å². The molecule has 0 aliphatic carbocycles. The molecule has 1 aromatic carbocycles. The van der Waals surface area contributed by atoms with E-state index in [9.17, 15) is 4.79 Å². The summed E-state index contributed by atoms with van der Waals surface area (Å²) in [4.78, 5) is 11.6. The molecule has 0 bridgehead atoms. The standard InChI is InChI=1S/C13H17IO3/c1-3-4-8-12(13(15)16-2)17-11-7-5-6-10(14)9-11/h5-7,9,12H,3-4,8H2,1-2H3. The predicted octanol–water partition coefficient (Wildman–Crippen LogP) is 3.40. The van der Waals surface area contributed by atoms with Gasteiger partial charge in [0, 0.05) is 3.57 Å². The number of hydrogen-bond acceptors (Lipinski definition) is 3. The van der Waals surface area contributed by atoms with Gasteiger partial charge in [0.2, 0.25) is 0 Å². The third kappa shape index (κ3) is 4.93. The van der Waals surface area contributed by atoms with Crippen molar-refractivity contribution in [1.29, 1.82) is 0 Å². The molecule has 0 amide bonds. The molecule has 0 saturated heterocycles. The van der Waals surface area contributed by atoms with Gasteiger partial charge in [0.25, 0.3) is 0 Å². The minimum Gasteiger partial charge on any atom is -0.479 e. The number of carbonyl (C=O) groups is 1. The number of methoxy groups -OCH3 is 1. The van der Waals surface area contributed by atoms with Crippen LogP contribution >= 0.6 is 22.6 Å². The van der Waals surface area contributed by atoms with Crippen molar-refractivity contribution in [2.45, 2.75) is 32.3 Å². The van der Waals surface area contributed by atoms with Gasteiger partial charge in [0.15, 0.2) is 6.10 Å². The summed E-state index contributed by atoms with van der Waals surface area (Å²) in [6.45, 7) is 2.08. The number of unbranched alkanes of at least 4 members (excludes halogenated alkanes) is 1. The quantitative estimate of drug-likeness (QED) is 0.584. The Bertz CT molecular complexity index is 365. The van der Waals surface area contributed by atoms with Crippen LogP contribution in [0.25, 0.3) is 0 Å². The van der Waals surface area contributed by atoms with E-state index in [0.717, 1.165) is 16.4 Å². The third-order valence-corrected chi connectivity index (χ3v) is 3.03. The second kappa shape index (κ2) is 7.53. The van der Waals surface area contributed by atoms with Gasteiger partial charge in [0.05, 0.1) is 7.11 Å². The first-order valence-corrected chi connectivity index (χ1v) is 6.75. The normalized spacial score (nSPS) is 11.9. The fraction of sp³-hybridized carbons (Fsp3) is 0.462. The van der Waals surface area contributed by atoms with Crippen molar-refractivity contribution in [2.24, 2.45) is 0 Å². The van der Waals surface area contributed by atoms with E-state index >= 15 is 0 Å². The van der Waals surface area contributed by atoms with E-state index < -0.39 is 6.10 Å². The Balaban J connectivity index is 2.68. The Hall–Kier alpha value is -0.780. The van der Waals surface area contributed by atoms with E-state index in [1.54, 1.807) is 0 Å². The molecular formula is C13H17IO3. The Morgan fingerprint density at radius 2 is 2.24 bits per heavy atom. The summed E-state index contributed by atoms with van der Waals surface area (Å²) in [6, 6.07) is 7.64. The van der Waals surface area contributed by atoms with Crippen molar-refractivity contribution in [3.8, 4) is 5.75 Å². The minimum atomic E-state index is -0.502. The number of halogens is 1. The highest BCUT2D eigenvalue weighted by Gasteiger charge is 2.20. The number of hydrogen-bond donors (Lipinski definition) is 0. The smallest absolute Gasteiger partial charge is 0.347 e. The lowest BCUT2D eigenvalue weighted by Gasteiger charge is -2.16. The number of rotatable bonds is 6. The molecule has 0 aliphatic rings. The van der Waals surface area contributed by atoms with Gasteiger partial charge in [-0.25, -0.2) is 4.79 Å². The molecule has 1 atom stereocenters. The predicted molar refractivity (Wildman–Crippen MR) is 75.1 cm³/mol. The van der Waals surface area contributed by atoms with Gasteiger partial charge in [-0.1, -0.05) is 19.4 Å². The zero-order valence-corrected chi connectivity index (χ0v) is 12.3. The summed E-state index contributed by atoms with van der Waals surface area (Å²) in [5.74, 6) is 0.403. The highest BCUT2D eigenvalue weighted by Crippen LogP contribution is 2.18. The van der Waals surface area contributed by atoms with E-state index in [0.29, 0.717) is 12.2 Å². The number of ether oxygens (including phenoxy) is 2. The molecule has 0 saturated carbocycles. The maximum Gasteiger partial charge on any atom is 0.347 e. The molecule has 17 heavy (non-hydrogen) atoms. The van der Waals surface area contributed by atoms with E-state index in [1.165, 1.54) is 7.11 Å². The van der Waals surface area contributed by atoms with E-state index in [2.05, 4.69) is 29.5 Å². The first-order chi connectivity index (χ1) is 8.17. The second-order valence-corrected chi connectivity index (χ2v) is 4.97. The largest absolute Gasteiger partial charge is 0.479 e. The van der Waals surface area contributed by atoms with Crippen LogP contribution in [0.5, 0.6) is 5.75 Å². The molecule has 0 fully saturated rings. The minimum absolute atomic E-state index is 0.308. The summed E-state index contributed by atoms with van der Waals surface area (Å²) in [5, 5.41) is 0. The maximum atomic E-state index is 11.6. The zero-order valence-electron chi connectivity index (χ0n) is 10.1.